The van der Waals surface area contributed by atoms with Crippen LogP contribution < -0.4 is 5.32 Å². The molecule has 1 aliphatic carbocycles. The number of piperidine rings is 1. The summed E-state index contributed by atoms with van der Waals surface area (Å²) in [5, 5.41) is 7.45. The Labute approximate surface area is 113 Å². The predicted molar refractivity (Wildman–Crippen MR) is 70.5 cm³/mol. The van der Waals surface area contributed by atoms with Crippen LogP contribution in [0.1, 0.15) is 31.7 Å². The van der Waals surface area contributed by atoms with Gasteiger partial charge in [0.2, 0.25) is 5.91 Å². The average Bonchev–Trinajstić information content (AvgIpc) is 3.10. The molecule has 1 amide bonds. The third-order valence-electron chi connectivity index (χ3n) is 3.97. The van der Waals surface area contributed by atoms with Gasteiger partial charge < -0.3 is 10.2 Å². The summed E-state index contributed by atoms with van der Waals surface area (Å²) in [7, 11) is 0. The largest absolute Gasteiger partial charge is 0.339 e. The van der Waals surface area contributed by atoms with Crippen LogP contribution in [-0.2, 0) is 4.79 Å². The molecule has 0 aromatic carbocycles. The van der Waals surface area contributed by atoms with Gasteiger partial charge in [-0.2, -0.15) is 5.10 Å². The molecule has 1 N–H and O–H groups in total. The number of hydrogen-bond acceptors (Lipinski definition) is 4. The number of hydrogen-bond donors (Lipinski definition) is 1. The normalized spacial score (nSPS) is 23.6. The summed E-state index contributed by atoms with van der Waals surface area (Å²) in [5.74, 6) is 1.03. The standard InChI is InChI=1S/C13H21N5O/c19-13(7-14-6-11-3-4-11)17-5-1-2-12(8-17)18-10-15-9-16-18/h9-12,14H,1-8H2. The van der Waals surface area contributed by atoms with Gasteiger partial charge in [0.1, 0.15) is 12.7 Å². The van der Waals surface area contributed by atoms with Crippen molar-refractivity contribution in [2.75, 3.05) is 26.2 Å². The molecule has 0 spiro atoms. The Morgan fingerprint density at radius 3 is 3.00 bits per heavy atom. The SMILES string of the molecule is O=C(CNCC1CC1)N1CCCC(n2cncn2)C1. The first-order valence-electron chi connectivity index (χ1n) is 7.15. The molecular weight excluding hydrogens is 242 g/mol. The highest BCUT2D eigenvalue weighted by Crippen LogP contribution is 2.27. The lowest BCUT2D eigenvalue weighted by atomic mass is 10.1. The van der Waals surface area contributed by atoms with Gasteiger partial charge >= 0.3 is 0 Å². The second-order valence-electron chi connectivity index (χ2n) is 5.59. The van der Waals surface area contributed by atoms with Gasteiger partial charge in [-0.3, -0.25) is 4.79 Å². The minimum absolute atomic E-state index is 0.213. The lowest BCUT2D eigenvalue weighted by molar-refractivity contribution is -0.131. The highest BCUT2D eigenvalue weighted by atomic mass is 16.2. The van der Waals surface area contributed by atoms with Crippen molar-refractivity contribution in [3.63, 3.8) is 0 Å². The van der Waals surface area contributed by atoms with E-state index in [1.165, 1.54) is 12.8 Å². The quantitative estimate of drug-likeness (QED) is 0.837. The molecule has 3 rings (SSSR count). The zero-order chi connectivity index (χ0) is 13.1. The van der Waals surface area contributed by atoms with Crippen LogP contribution in [0.15, 0.2) is 12.7 Å². The van der Waals surface area contributed by atoms with Crippen molar-refractivity contribution in [1.82, 2.24) is 25.0 Å². The number of amides is 1. The summed E-state index contributed by atoms with van der Waals surface area (Å²) >= 11 is 0. The summed E-state index contributed by atoms with van der Waals surface area (Å²) in [4.78, 5) is 18.1. The van der Waals surface area contributed by atoms with E-state index in [9.17, 15) is 4.79 Å². The van der Waals surface area contributed by atoms with Gasteiger partial charge in [-0.15, -0.1) is 0 Å². The molecule has 104 valence electrons. The fourth-order valence-electron chi connectivity index (χ4n) is 2.62. The van der Waals surface area contributed by atoms with Crippen molar-refractivity contribution in [2.24, 2.45) is 5.92 Å². The molecule has 0 radical (unpaired) electrons. The van der Waals surface area contributed by atoms with Crippen LogP contribution in [0.25, 0.3) is 0 Å². The third kappa shape index (κ3) is 3.32. The Hall–Kier alpha value is -1.43. The second kappa shape index (κ2) is 5.69. The average molecular weight is 263 g/mol. The minimum Gasteiger partial charge on any atom is -0.339 e. The Morgan fingerprint density at radius 1 is 1.37 bits per heavy atom. The van der Waals surface area contributed by atoms with E-state index >= 15 is 0 Å². The Morgan fingerprint density at radius 2 is 2.26 bits per heavy atom. The zero-order valence-electron chi connectivity index (χ0n) is 11.2. The molecule has 2 fully saturated rings. The first-order valence-corrected chi connectivity index (χ1v) is 7.15. The molecule has 6 heteroatoms. The molecule has 1 saturated carbocycles. The van der Waals surface area contributed by atoms with E-state index in [2.05, 4.69) is 15.4 Å². The highest BCUT2D eigenvalue weighted by Gasteiger charge is 2.25. The van der Waals surface area contributed by atoms with Crippen LogP contribution in [0.3, 0.4) is 0 Å². The number of carbonyl (C=O) groups excluding carboxylic acids is 1. The summed E-state index contributed by atoms with van der Waals surface area (Å²) in [6, 6.07) is 0.281. The molecule has 1 atom stereocenters. The maximum atomic E-state index is 12.1. The van der Waals surface area contributed by atoms with Gasteiger partial charge in [-0.25, -0.2) is 9.67 Å². The van der Waals surface area contributed by atoms with Crippen LogP contribution in [0.4, 0.5) is 0 Å². The van der Waals surface area contributed by atoms with Crippen LogP contribution >= 0.6 is 0 Å². The molecule has 1 aromatic heterocycles. The Kier molecular flexibility index (Phi) is 3.77. The lowest BCUT2D eigenvalue weighted by Gasteiger charge is -2.32. The molecule has 1 saturated heterocycles. The van der Waals surface area contributed by atoms with E-state index in [-0.39, 0.29) is 11.9 Å². The van der Waals surface area contributed by atoms with E-state index in [1.54, 1.807) is 12.7 Å². The summed E-state index contributed by atoms with van der Waals surface area (Å²) in [6.45, 7) is 3.09. The Bertz CT molecular complexity index is 415. The van der Waals surface area contributed by atoms with Gasteiger partial charge in [0, 0.05) is 13.1 Å². The summed E-state index contributed by atoms with van der Waals surface area (Å²) in [5.41, 5.74) is 0. The number of carbonyl (C=O) groups is 1. The number of nitrogens with zero attached hydrogens (tertiary/aromatic N) is 4. The maximum absolute atomic E-state index is 12.1. The molecule has 0 bridgehead atoms. The lowest BCUT2D eigenvalue weighted by Crippen LogP contribution is -2.44. The topological polar surface area (TPSA) is 63.1 Å². The molecular formula is C13H21N5O. The van der Waals surface area contributed by atoms with E-state index in [1.807, 2.05) is 9.58 Å². The number of likely N-dealkylation sites (tertiary alicyclic amines) is 1. The molecule has 1 aliphatic heterocycles. The van der Waals surface area contributed by atoms with Crippen molar-refractivity contribution in [2.45, 2.75) is 31.7 Å². The smallest absolute Gasteiger partial charge is 0.236 e. The minimum atomic E-state index is 0.213. The predicted octanol–water partition coefficient (Wildman–Crippen LogP) is 0.441. The summed E-state index contributed by atoms with van der Waals surface area (Å²) < 4.78 is 1.87. The molecule has 1 unspecified atom stereocenters. The van der Waals surface area contributed by atoms with Crippen molar-refractivity contribution < 1.29 is 4.79 Å². The van der Waals surface area contributed by atoms with Gasteiger partial charge in [-0.1, -0.05) is 0 Å². The van der Waals surface area contributed by atoms with Gasteiger partial charge in [-0.05, 0) is 38.1 Å². The van der Waals surface area contributed by atoms with Crippen molar-refractivity contribution >= 4 is 5.91 Å². The van der Waals surface area contributed by atoms with Crippen LogP contribution in [0.5, 0.6) is 0 Å². The number of aromatic nitrogens is 3. The monoisotopic (exact) mass is 263 g/mol. The van der Waals surface area contributed by atoms with E-state index in [4.69, 9.17) is 0 Å². The zero-order valence-corrected chi connectivity index (χ0v) is 11.2. The fourth-order valence-corrected chi connectivity index (χ4v) is 2.62. The Balaban J connectivity index is 1.48. The van der Waals surface area contributed by atoms with E-state index < -0.39 is 0 Å². The van der Waals surface area contributed by atoms with E-state index in [0.29, 0.717) is 6.54 Å². The third-order valence-corrected chi connectivity index (χ3v) is 3.97. The van der Waals surface area contributed by atoms with Crippen LogP contribution in [0.2, 0.25) is 0 Å². The van der Waals surface area contributed by atoms with Gasteiger partial charge in [0.15, 0.2) is 0 Å². The molecule has 19 heavy (non-hydrogen) atoms. The van der Waals surface area contributed by atoms with Gasteiger partial charge in [0.25, 0.3) is 0 Å². The van der Waals surface area contributed by atoms with Crippen molar-refractivity contribution in [3.8, 4) is 0 Å². The van der Waals surface area contributed by atoms with Crippen LogP contribution in [-0.4, -0.2) is 51.8 Å². The van der Waals surface area contributed by atoms with E-state index in [0.717, 1.165) is 38.4 Å². The number of rotatable bonds is 5. The van der Waals surface area contributed by atoms with Crippen LogP contribution in [0, 0.1) is 5.92 Å². The van der Waals surface area contributed by atoms with Crippen molar-refractivity contribution in [3.05, 3.63) is 12.7 Å². The summed E-state index contributed by atoms with van der Waals surface area (Å²) in [6.07, 6.45) is 8.04. The number of nitrogens with one attached hydrogen (secondary N) is 1. The second-order valence-corrected chi connectivity index (χ2v) is 5.59. The highest BCUT2D eigenvalue weighted by molar-refractivity contribution is 5.78. The molecule has 2 heterocycles. The van der Waals surface area contributed by atoms with Gasteiger partial charge in [0.05, 0.1) is 12.6 Å². The first kappa shape index (κ1) is 12.6. The first-order chi connectivity index (χ1) is 9.33. The molecule has 6 nitrogen and oxygen atoms in total. The fraction of sp³-hybridized carbons (Fsp3) is 0.769. The molecule has 2 aliphatic rings. The van der Waals surface area contributed by atoms with Crippen molar-refractivity contribution in [1.29, 1.82) is 0 Å². The maximum Gasteiger partial charge on any atom is 0.236 e. The molecule has 1 aromatic rings.